The molecule has 0 aromatic heterocycles. The summed E-state index contributed by atoms with van der Waals surface area (Å²) in [6, 6.07) is 5.62. The van der Waals surface area contributed by atoms with Crippen LogP contribution < -0.4 is 4.90 Å². The monoisotopic (exact) mass is 386 g/mol. The van der Waals surface area contributed by atoms with Crippen molar-refractivity contribution >= 4 is 5.69 Å². The van der Waals surface area contributed by atoms with Crippen LogP contribution in [0.25, 0.3) is 0 Å². The Kier molecular flexibility index (Phi) is 6.97. The van der Waals surface area contributed by atoms with Crippen LogP contribution in [0.5, 0.6) is 0 Å². The summed E-state index contributed by atoms with van der Waals surface area (Å²) in [6.07, 6.45) is -4.29. The normalized spacial score (nSPS) is 21.0. The lowest BCUT2D eigenvalue weighted by Gasteiger charge is -2.38. The molecule has 0 spiro atoms. The number of aliphatic hydroxyl groups excluding tert-OH is 1. The van der Waals surface area contributed by atoms with Crippen LogP contribution in [0.15, 0.2) is 24.3 Å². The van der Waals surface area contributed by atoms with Crippen LogP contribution in [-0.2, 0) is 6.18 Å². The van der Waals surface area contributed by atoms with Gasteiger partial charge in [0.05, 0.1) is 12.2 Å². The van der Waals surface area contributed by atoms with Gasteiger partial charge in [0.1, 0.15) is 0 Å². The molecule has 0 aliphatic carbocycles. The minimum absolute atomic E-state index is 0.218. The average Bonchev–Trinajstić information content (AvgIpc) is 2.68. The molecule has 2 aliphatic heterocycles. The van der Waals surface area contributed by atoms with Gasteiger partial charge in [0, 0.05) is 77.7 Å². The number of halogens is 3. The lowest BCUT2D eigenvalue weighted by Crippen LogP contribution is -2.51. The van der Waals surface area contributed by atoms with Gasteiger partial charge in [-0.2, -0.15) is 13.2 Å². The fourth-order valence-corrected chi connectivity index (χ4v) is 3.77. The molecule has 2 aliphatic rings. The highest BCUT2D eigenvalue weighted by atomic mass is 19.4. The Bertz CT molecular complexity index is 583. The van der Waals surface area contributed by atoms with Gasteiger partial charge < -0.3 is 10.0 Å². The first-order valence-electron chi connectivity index (χ1n) is 9.66. The molecule has 2 heterocycles. The predicted octanol–water partition coefficient (Wildman–Crippen LogP) is 1.44. The van der Waals surface area contributed by atoms with Crippen LogP contribution in [0.4, 0.5) is 18.9 Å². The fourth-order valence-electron chi connectivity index (χ4n) is 3.77. The Morgan fingerprint density at radius 1 is 0.778 bits per heavy atom. The zero-order valence-corrected chi connectivity index (χ0v) is 15.7. The second-order valence-electron chi connectivity index (χ2n) is 7.28. The molecule has 0 bridgehead atoms. The van der Waals surface area contributed by atoms with Gasteiger partial charge >= 0.3 is 6.18 Å². The molecule has 3 rings (SSSR count). The van der Waals surface area contributed by atoms with E-state index in [1.165, 1.54) is 12.1 Å². The quantitative estimate of drug-likeness (QED) is 0.800. The molecule has 2 saturated heterocycles. The first-order chi connectivity index (χ1) is 13.0. The number of aliphatic hydroxyl groups is 1. The van der Waals surface area contributed by atoms with Gasteiger partial charge in [-0.05, 0) is 18.2 Å². The molecule has 27 heavy (non-hydrogen) atoms. The summed E-state index contributed by atoms with van der Waals surface area (Å²) in [4.78, 5) is 9.17. The van der Waals surface area contributed by atoms with Crippen LogP contribution in [0.3, 0.4) is 0 Å². The molecule has 8 heteroatoms. The van der Waals surface area contributed by atoms with Gasteiger partial charge in [0.25, 0.3) is 0 Å². The maximum absolute atomic E-state index is 12.9. The molecule has 2 fully saturated rings. The molecular formula is C19H29F3N4O. The van der Waals surface area contributed by atoms with Crippen LogP contribution >= 0.6 is 0 Å². The average molecular weight is 386 g/mol. The maximum atomic E-state index is 12.9. The van der Waals surface area contributed by atoms with E-state index in [1.54, 1.807) is 6.07 Å². The van der Waals surface area contributed by atoms with Crippen molar-refractivity contribution < 1.29 is 18.3 Å². The van der Waals surface area contributed by atoms with E-state index in [-0.39, 0.29) is 6.61 Å². The minimum atomic E-state index is -4.29. The number of alkyl halides is 3. The SMILES string of the molecule is OCCN1CCN(CCN2CCN(c3cccc(C(F)(F)F)c3)CC2)CC1. The summed E-state index contributed by atoms with van der Waals surface area (Å²) in [5, 5.41) is 9.00. The van der Waals surface area contributed by atoms with Crippen molar-refractivity contribution in [3.63, 3.8) is 0 Å². The Morgan fingerprint density at radius 3 is 1.81 bits per heavy atom. The molecule has 0 atom stereocenters. The van der Waals surface area contributed by atoms with Gasteiger partial charge in [-0.3, -0.25) is 14.7 Å². The largest absolute Gasteiger partial charge is 0.416 e. The number of β-amino-alcohol motifs (C(OH)–C–C–N with tert-alkyl or cyclic N) is 1. The lowest BCUT2D eigenvalue weighted by atomic mass is 10.1. The number of benzene rings is 1. The molecule has 0 saturated carbocycles. The second-order valence-corrected chi connectivity index (χ2v) is 7.28. The Labute approximate surface area is 158 Å². The van der Waals surface area contributed by atoms with Crippen molar-refractivity contribution in [2.75, 3.05) is 83.5 Å². The van der Waals surface area contributed by atoms with E-state index >= 15 is 0 Å². The zero-order chi connectivity index (χ0) is 19.3. The van der Waals surface area contributed by atoms with Crippen LogP contribution in [0, 0.1) is 0 Å². The van der Waals surface area contributed by atoms with Crippen molar-refractivity contribution in [2.24, 2.45) is 0 Å². The van der Waals surface area contributed by atoms with E-state index in [1.807, 2.05) is 4.90 Å². The first kappa shape index (κ1) is 20.4. The highest BCUT2D eigenvalue weighted by Gasteiger charge is 2.31. The molecule has 0 amide bonds. The number of anilines is 1. The summed E-state index contributed by atoms with van der Waals surface area (Å²) in [6.45, 7) is 10.3. The van der Waals surface area contributed by atoms with E-state index in [4.69, 9.17) is 5.11 Å². The fraction of sp³-hybridized carbons (Fsp3) is 0.684. The molecule has 5 nitrogen and oxygen atoms in total. The molecule has 1 N–H and O–H groups in total. The van der Waals surface area contributed by atoms with E-state index in [2.05, 4.69) is 14.7 Å². The number of piperazine rings is 2. The molecular weight excluding hydrogens is 357 g/mol. The van der Waals surface area contributed by atoms with Gasteiger partial charge in [0.15, 0.2) is 0 Å². The molecule has 0 radical (unpaired) electrons. The van der Waals surface area contributed by atoms with E-state index < -0.39 is 11.7 Å². The highest BCUT2D eigenvalue weighted by Crippen LogP contribution is 2.31. The third-order valence-electron chi connectivity index (χ3n) is 5.52. The second kappa shape index (κ2) is 9.23. The van der Waals surface area contributed by atoms with Gasteiger partial charge in [-0.1, -0.05) is 6.07 Å². The van der Waals surface area contributed by atoms with Crippen LogP contribution in [0.1, 0.15) is 5.56 Å². The zero-order valence-electron chi connectivity index (χ0n) is 15.7. The third-order valence-corrected chi connectivity index (χ3v) is 5.52. The summed E-state index contributed by atoms with van der Waals surface area (Å²) >= 11 is 0. The van der Waals surface area contributed by atoms with Crippen molar-refractivity contribution in [3.05, 3.63) is 29.8 Å². The van der Waals surface area contributed by atoms with E-state index in [0.717, 1.165) is 78.1 Å². The molecule has 0 unspecified atom stereocenters. The van der Waals surface area contributed by atoms with Gasteiger partial charge in [0.2, 0.25) is 0 Å². The number of hydrogen-bond acceptors (Lipinski definition) is 5. The van der Waals surface area contributed by atoms with Crippen molar-refractivity contribution in [1.82, 2.24) is 14.7 Å². The summed E-state index contributed by atoms with van der Waals surface area (Å²) in [5.41, 5.74) is 0.0762. The highest BCUT2D eigenvalue weighted by molar-refractivity contribution is 5.49. The molecule has 1 aromatic rings. The molecule has 152 valence electrons. The van der Waals surface area contributed by atoms with Crippen molar-refractivity contribution in [3.8, 4) is 0 Å². The third kappa shape index (κ3) is 5.81. The number of rotatable bonds is 6. The summed E-state index contributed by atoms with van der Waals surface area (Å²) in [5.74, 6) is 0. The number of nitrogens with zero attached hydrogens (tertiary/aromatic N) is 4. The van der Waals surface area contributed by atoms with E-state index in [0.29, 0.717) is 5.69 Å². The van der Waals surface area contributed by atoms with Gasteiger partial charge in [-0.15, -0.1) is 0 Å². The lowest BCUT2D eigenvalue weighted by molar-refractivity contribution is -0.137. The summed E-state index contributed by atoms with van der Waals surface area (Å²) < 4.78 is 38.7. The van der Waals surface area contributed by atoms with Crippen molar-refractivity contribution in [2.45, 2.75) is 6.18 Å². The van der Waals surface area contributed by atoms with Crippen LogP contribution in [0.2, 0.25) is 0 Å². The smallest absolute Gasteiger partial charge is 0.395 e. The Hall–Kier alpha value is -1.35. The maximum Gasteiger partial charge on any atom is 0.416 e. The summed E-state index contributed by atoms with van der Waals surface area (Å²) in [7, 11) is 0. The topological polar surface area (TPSA) is 33.2 Å². The van der Waals surface area contributed by atoms with Gasteiger partial charge in [-0.25, -0.2) is 0 Å². The van der Waals surface area contributed by atoms with E-state index in [9.17, 15) is 13.2 Å². The predicted molar refractivity (Wildman–Crippen MR) is 100 cm³/mol. The van der Waals surface area contributed by atoms with Crippen molar-refractivity contribution in [1.29, 1.82) is 0 Å². The minimum Gasteiger partial charge on any atom is -0.395 e. The first-order valence-corrected chi connectivity index (χ1v) is 9.66. The molecule has 1 aromatic carbocycles. The Morgan fingerprint density at radius 2 is 1.30 bits per heavy atom. The van der Waals surface area contributed by atoms with Crippen LogP contribution in [-0.4, -0.2) is 98.4 Å². The number of hydrogen-bond donors (Lipinski definition) is 1. The Balaban J connectivity index is 1.41. The standard InChI is InChI=1S/C19H29F3N4O/c20-19(21,22)17-2-1-3-18(16-17)26-12-10-24(11-13-26)5-4-23-6-8-25(9-7-23)14-15-27/h1-3,16,27H,4-15H2.